The van der Waals surface area contributed by atoms with Crippen molar-refractivity contribution in [2.75, 3.05) is 18.5 Å². The minimum Gasteiger partial charge on any atom is -0.378 e. The molecule has 0 aromatic carbocycles. The molecule has 5 nitrogen and oxygen atoms in total. The number of pyridine rings is 1. The van der Waals surface area contributed by atoms with Crippen LogP contribution >= 0.6 is 0 Å². The fourth-order valence-electron chi connectivity index (χ4n) is 2.61. The van der Waals surface area contributed by atoms with E-state index >= 15 is 0 Å². The summed E-state index contributed by atoms with van der Waals surface area (Å²) in [6.45, 7) is 7.63. The second-order valence-corrected chi connectivity index (χ2v) is 5.63. The molecule has 0 unspecified atom stereocenters. The van der Waals surface area contributed by atoms with Crippen molar-refractivity contribution >= 4 is 11.8 Å². The molecular weight excluding hydrogens is 254 g/mol. The second-order valence-electron chi connectivity index (χ2n) is 5.63. The molecule has 20 heavy (non-hydrogen) atoms. The molecule has 2 atom stereocenters. The number of carbonyl (C=O) groups excluding carboxylic acids is 1. The smallest absolute Gasteiger partial charge is 0.320 e. The number of anilines is 1. The zero-order valence-electron chi connectivity index (χ0n) is 12.3. The van der Waals surface area contributed by atoms with Crippen LogP contribution in [-0.4, -0.2) is 30.3 Å². The molecule has 1 aliphatic heterocycles. The van der Waals surface area contributed by atoms with Crippen LogP contribution in [-0.2, 0) is 4.74 Å². The molecule has 1 aromatic rings. The van der Waals surface area contributed by atoms with Crippen LogP contribution in [0.15, 0.2) is 18.2 Å². The number of aromatic nitrogens is 1. The van der Waals surface area contributed by atoms with Crippen LogP contribution in [0.5, 0.6) is 0 Å². The van der Waals surface area contributed by atoms with E-state index in [1.807, 2.05) is 19.1 Å². The van der Waals surface area contributed by atoms with E-state index in [9.17, 15) is 4.79 Å². The molecule has 1 saturated heterocycles. The monoisotopic (exact) mass is 277 g/mol. The lowest BCUT2D eigenvalue weighted by atomic mass is 9.93. The van der Waals surface area contributed by atoms with E-state index in [1.165, 1.54) is 0 Å². The molecule has 0 bridgehead atoms. The summed E-state index contributed by atoms with van der Waals surface area (Å²) >= 11 is 0. The van der Waals surface area contributed by atoms with E-state index in [0.29, 0.717) is 24.2 Å². The first-order valence-electron chi connectivity index (χ1n) is 7.16. The maximum Gasteiger partial charge on any atom is 0.320 e. The summed E-state index contributed by atoms with van der Waals surface area (Å²) in [5.74, 6) is 1.45. The van der Waals surface area contributed by atoms with Gasteiger partial charge >= 0.3 is 6.03 Å². The maximum absolute atomic E-state index is 11.9. The Morgan fingerprint density at radius 3 is 3.00 bits per heavy atom. The van der Waals surface area contributed by atoms with Gasteiger partial charge in [0.1, 0.15) is 5.82 Å². The topological polar surface area (TPSA) is 63.2 Å². The number of hydrogen-bond donors (Lipinski definition) is 2. The average Bonchev–Trinajstić information content (AvgIpc) is 2.85. The lowest BCUT2D eigenvalue weighted by Crippen LogP contribution is -2.37. The van der Waals surface area contributed by atoms with Crippen LogP contribution < -0.4 is 10.6 Å². The fourth-order valence-corrected chi connectivity index (χ4v) is 2.61. The van der Waals surface area contributed by atoms with Crippen molar-refractivity contribution in [3.8, 4) is 0 Å². The van der Waals surface area contributed by atoms with E-state index in [-0.39, 0.29) is 12.1 Å². The molecule has 1 fully saturated rings. The van der Waals surface area contributed by atoms with Crippen molar-refractivity contribution in [3.05, 3.63) is 23.9 Å². The number of rotatable bonds is 4. The highest BCUT2D eigenvalue weighted by Crippen LogP contribution is 2.26. The first-order chi connectivity index (χ1) is 9.56. The molecule has 0 spiro atoms. The Bertz CT molecular complexity index is 462. The number of hydrogen-bond acceptors (Lipinski definition) is 3. The summed E-state index contributed by atoms with van der Waals surface area (Å²) in [5.41, 5.74) is 0.881. The summed E-state index contributed by atoms with van der Waals surface area (Å²) in [7, 11) is 0. The third-order valence-electron chi connectivity index (χ3n) is 3.58. The zero-order valence-corrected chi connectivity index (χ0v) is 12.3. The summed E-state index contributed by atoms with van der Waals surface area (Å²) in [4.78, 5) is 16.1. The van der Waals surface area contributed by atoms with Crippen LogP contribution in [0.25, 0.3) is 0 Å². The first-order valence-corrected chi connectivity index (χ1v) is 7.16. The minimum atomic E-state index is -0.211. The van der Waals surface area contributed by atoms with Gasteiger partial charge in [-0.1, -0.05) is 19.9 Å². The summed E-state index contributed by atoms with van der Waals surface area (Å²) in [6.07, 6.45) is 1.25. The standard InChI is InChI=1S/C15H23N3O2/c1-10(2)14-12(7-8-20-14)9-16-15(19)18-13-6-4-5-11(3)17-13/h4-6,10,12,14H,7-9H2,1-3H3,(H2,16,17,18,19)/t12-,14+/m0/s1. The van der Waals surface area contributed by atoms with Gasteiger partial charge in [0.15, 0.2) is 0 Å². The molecule has 1 aromatic heterocycles. The summed E-state index contributed by atoms with van der Waals surface area (Å²) in [5, 5.41) is 5.66. The number of aryl methyl sites for hydroxylation is 1. The number of amides is 2. The second kappa shape index (κ2) is 6.70. The van der Waals surface area contributed by atoms with Gasteiger partial charge in [0.25, 0.3) is 0 Å². The van der Waals surface area contributed by atoms with E-state index in [1.54, 1.807) is 6.07 Å². The molecule has 110 valence electrons. The van der Waals surface area contributed by atoms with E-state index < -0.39 is 0 Å². The Kier molecular flexibility index (Phi) is 4.95. The molecule has 5 heteroatoms. The number of urea groups is 1. The van der Waals surface area contributed by atoms with Gasteiger partial charge in [0.2, 0.25) is 0 Å². The third-order valence-corrected chi connectivity index (χ3v) is 3.58. The van der Waals surface area contributed by atoms with Crippen LogP contribution in [0, 0.1) is 18.8 Å². The molecule has 2 amide bonds. The highest BCUT2D eigenvalue weighted by atomic mass is 16.5. The van der Waals surface area contributed by atoms with Gasteiger partial charge in [0, 0.05) is 24.8 Å². The highest BCUT2D eigenvalue weighted by Gasteiger charge is 2.30. The molecular formula is C15H23N3O2. The van der Waals surface area contributed by atoms with Crippen molar-refractivity contribution in [1.82, 2.24) is 10.3 Å². The molecule has 2 heterocycles. The molecule has 0 radical (unpaired) electrons. The lowest BCUT2D eigenvalue weighted by molar-refractivity contribution is 0.0546. The van der Waals surface area contributed by atoms with Gasteiger partial charge in [-0.3, -0.25) is 5.32 Å². The largest absolute Gasteiger partial charge is 0.378 e. The van der Waals surface area contributed by atoms with Gasteiger partial charge in [-0.05, 0) is 31.4 Å². The normalized spacial score (nSPS) is 22.0. The minimum absolute atomic E-state index is 0.211. The van der Waals surface area contributed by atoms with Crippen molar-refractivity contribution in [2.24, 2.45) is 11.8 Å². The van der Waals surface area contributed by atoms with Gasteiger partial charge in [0.05, 0.1) is 6.10 Å². The summed E-state index contributed by atoms with van der Waals surface area (Å²) in [6, 6.07) is 5.34. The predicted octanol–water partition coefficient (Wildman–Crippen LogP) is 2.57. The number of ether oxygens (including phenoxy) is 1. The Morgan fingerprint density at radius 2 is 2.30 bits per heavy atom. The van der Waals surface area contributed by atoms with Crippen LogP contribution in [0.4, 0.5) is 10.6 Å². The zero-order chi connectivity index (χ0) is 14.5. The molecule has 0 aliphatic carbocycles. The lowest BCUT2D eigenvalue weighted by Gasteiger charge is -2.22. The van der Waals surface area contributed by atoms with Crippen molar-refractivity contribution < 1.29 is 9.53 Å². The maximum atomic E-state index is 11.9. The molecule has 0 saturated carbocycles. The molecule has 2 N–H and O–H groups in total. The summed E-state index contributed by atoms with van der Waals surface area (Å²) < 4.78 is 5.71. The Hall–Kier alpha value is -1.62. The SMILES string of the molecule is Cc1cccc(NC(=O)NC[C@@H]2CCO[C@@H]2C(C)C)n1. The Labute approximate surface area is 120 Å². The van der Waals surface area contributed by atoms with Crippen molar-refractivity contribution in [1.29, 1.82) is 0 Å². The van der Waals surface area contributed by atoms with E-state index in [0.717, 1.165) is 18.7 Å². The molecule has 1 aliphatic rings. The van der Waals surface area contributed by atoms with Gasteiger partial charge in [-0.15, -0.1) is 0 Å². The quantitative estimate of drug-likeness (QED) is 0.889. The number of nitrogens with zero attached hydrogens (tertiary/aromatic N) is 1. The van der Waals surface area contributed by atoms with Crippen molar-refractivity contribution in [3.63, 3.8) is 0 Å². The Morgan fingerprint density at radius 1 is 1.50 bits per heavy atom. The Balaban J connectivity index is 1.80. The highest BCUT2D eigenvalue weighted by molar-refractivity contribution is 5.88. The number of carbonyl (C=O) groups is 1. The predicted molar refractivity (Wildman–Crippen MR) is 78.7 cm³/mol. The van der Waals surface area contributed by atoms with E-state index in [4.69, 9.17) is 4.74 Å². The van der Waals surface area contributed by atoms with Gasteiger partial charge in [-0.2, -0.15) is 0 Å². The molecule has 2 rings (SSSR count). The van der Waals surface area contributed by atoms with Gasteiger partial charge in [-0.25, -0.2) is 9.78 Å². The van der Waals surface area contributed by atoms with Crippen molar-refractivity contribution in [2.45, 2.75) is 33.3 Å². The van der Waals surface area contributed by atoms with E-state index in [2.05, 4.69) is 29.5 Å². The third kappa shape index (κ3) is 3.93. The van der Waals surface area contributed by atoms with Gasteiger partial charge < -0.3 is 10.1 Å². The van der Waals surface area contributed by atoms with Crippen LogP contribution in [0.3, 0.4) is 0 Å². The average molecular weight is 277 g/mol. The number of nitrogens with one attached hydrogen (secondary N) is 2. The van der Waals surface area contributed by atoms with Crippen LogP contribution in [0.1, 0.15) is 26.0 Å². The fraction of sp³-hybridized carbons (Fsp3) is 0.600. The first kappa shape index (κ1) is 14.8. The van der Waals surface area contributed by atoms with Crippen LogP contribution in [0.2, 0.25) is 0 Å².